The molecule has 5 rings (SSSR count). The van der Waals surface area contributed by atoms with E-state index in [-0.39, 0.29) is 0 Å². The minimum atomic E-state index is -0.545. The first kappa shape index (κ1) is 17.6. The molecule has 0 unspecified atom stereocenters. The van der Waals surface area contributed by atoms with Crippen molar-refractivity contribution < 1.29 is 0 Å². The summed E-state index contributed by atoms with van der Waals surface area (Å²) in [7, 11) is 0. The summed E-state index contributed by atoms with van der Waals surface area (Å²) in [4.78, 5) is 33.1. The topological polar surface area (TPSA) is 91.5 Å². The first-order valence-electron chi connectivity index (χ1n) is 9.29. The number of benzene rings is 3. The summed E-state index contributed by atoms with van der Waals surface area (Å²) >= 11 is 0. The Morgan fingerprint density at radius 3 is 2.57 bits per heavy atom. The van der Waals surface area contributed by atoms with Gasteiger partial charge in [-0.15, -0.1) is 0 Å². The third-order valence-electron chi connectivity index (χ3n) is 5.14. The van der Waals surface area contributed by atoms with Crippen LogP contribution in [0.1, 0.15) is 5.56 Å². The Kier molecular flexibility index (Phi) is 4.01. The normalized spacial score (nSPS) is 10.9. The molecule has 0 bridgehead atoms. The van der Waals surface area contributed by atoms with Gasteiger partial charge in [0, 0.05) is 17.0 Å². The fourth-order valence-electron chi connectivity index (χ4n) is 3.72. The number of nitrogens with one attached hydrogen (secondary N) is 1. The Bertz CT molecular complexity index is 1600. The molecule has 142 valence electrons. The molecule has 0 aliphatic carbocycles. The van der Waals surface area contributed by atoms with Gasteiger partial charge in [-0.25, -0.2) is 9.36 Å². The number of hydrogen-bond acceptors (Lipinski definition) is 4. The number of fused-ring (bicyclic) bond motifs is 2. The smallest absolute Gasteiger partial charge is 0.306 e. The molecule has 0 spiro atoms. The van der Waals surface area contributed by atoms with Crippen LogP contribution in [-0.2, 0) is 0 Å². The summed E-state index contributed by atoms with van der Waals surface area (Å²) in [5, 5.41) is 11.3. The number of aromatic amines is 1. The van der Waals surface area contributed by atoms with E-state index >= 15 is 0 Å². The van der Waals surface area contributed by atoms with Crippen LogP contribution < -0.4 is 11.2 Å². The molecule has 5 aromatic rings. The van der Waals surface area contributed by atoms with E-state index in [2.05, 4.69) is 16.0 Å². The van der Waals surface area contributed by atoms with Crippen molar-refractivity contribution in [3.8, 4) is 22.9 Å². The van der Waals surface area contributed by atoms with E-state index in [4.69, 9.17) is 0 Å². The van der Waals surface area contributed by atoms with Gasteiger partial charge in [0.05, 0.1) is 34.4 Å². The van der Waals surface area contributed by atoms with Crippen molar-refractivity contribution in [2.75, 3.05) is 0 Å². The van der Waals surface area contributed by atoms with E-state index in [9.17, 15) is 14.9 Å². The van der Waals surface area contributed by atoms with Crippen molar-refractivity contribution in [1.82, 2.24) is 14.5 Å². The second-order valence-electron chi connectivity index (χ2n) is 6.87. The van der Waals surface area contributed by atoms with Crippen molar-refractivity contribution in [3.63, 3.8) is 0 Å². The molecule has 0 aliphatic rings. The molecule has 0 amide bonds. The summed E-state index contributed by atoms with van der Waals surface area (Å²) < 4.78 is 1.11. The zero-order valence-electron chi connectivity index (χ0n) is 15.7. The maximum absolute atomic E-state index is 13.2. The number of rotatable bonds is 2. The van der Waals surface area contributed by atoms with E-state index < -0.39 is 11.2 Å². The standard InChI is InChI=1S/C24H14N4O2/c25-12-16-5-1-3-7-18(16)15-9-10-20-21(11-15)27-24(30)28(23(20)29)22-14-26-13-17-6-2-4-8-19(17)22/h1-11,13-14H,(H,27,30). The van der Waals surface area contributed by atoms with Crippen molar-refractivity contribution in [2.45, 2.75) is 0 Å². The molecule has 6 heteroatoms. The van der Waals surface area contributed by atoms with Crippen LogP contribution in [0.15, 0.2) is 88.7 Å². The number of pyridine rings is 1. The molecule has 6 nitrogen and oxygen atoms in total. The lowest BCUT2D eigenvalue weighted by atomic mass is 9.99. The molecular weight excluding hydrogens is 376 g/mol. The lowest BCUT2D eigenvalue weighted by Crippen LogP contribution is -2.33. The maximum atomic E-state index is 13.2. The first-order chi connectivity index (χ1) is 14.7. The zero-order chi connectivity index (χ0) is 20.7. The number of nitrogens with zero attached hydrogens (tertiary/aromatic N) is 3. The average molecular weight is 390 g/mol. The largest absolute Gasteiger partial charge is 0.333 e. The van der Waals surface area contributed by atoms with Crippen molar-refractivity contribution in [3.05, 3.63) is 106 Å². The molecule has 0 atom stereocenters. The van der Waals surface area contributed by atoms with Crippen LogP contribution in [0.3, 0.4) is 0 Å². The highest BCUT2D eigenvalue weighted by atomic mass is 16.2. The lowest BCUT2D eigenvalue weighted by molar-refractivity contribution is 0.902. The molecule has 0 fully saturated rings. The number of aromatic nitrogens is 3. The molecule has 30 heavy (non-hydrogen) atoms. The Morgan fingerprint density at radius 2 is 1.70 bits per heavy atom. The second kappa shape index (κ2) is 6.83. The minimum Gasteiger partial charge on any atom is -0.306 e. The first-order valence-corrected chi connectivity index (χ1v) is 9.29. The van der Waals surface area contributed by atoms with Gasteiger partial charge in [0.15, 0.2) is 0 Å². The van der Waals surface area contributed by atoms with Gasteiger partial charge in [-0.3, -0.25) is 9.78 Å². The second-order valence-corrected chi connectivity index (χ2v) is 6.87. The highest BCUT2D eigenvalue weighted by Gasteiger charge is 2.14. The van der Waals surface area contributed by atoms with Gasteiger partial charge in [0.25, 0.3) is 5.56 Å². The number of H-pyrrole nitrogens is 1. The SMILES string of the molecule is N#Cc1ccccc1-c1ccc2c(=O)n(-c3cncc4ccccc34)c(=O)[nH]c2c1. The van der Waals surface area contributed by atoms with E-state index in [0.717, 1.165) is 26.5 Å². The summed E-state index contributed by atoms with van der Waals surface area (Å²) in [5.74, 6) is 0. The Labute approximate surface area is 170 Å². The van der Waals surface area contributed by atoms with Crippen molar-refractivity contribution in [2.24, 2.45) is 0 Å². The number of hydrogen-bond donors (Lipinski definition) is 1. The predicted molar refractivity (Wildman–Crippen MR) is 116 cm³/mol. The Morgan fingerprint density at radius 1 is 0.900 bits per heavy atom. The van der Waals surface area contributed by atoms with E-state index in [1.807, 2.05) is 36.4 Å². The zero-order valence-corrected chi connectivity index (χ0v) is 15.7. The summed E-state index contributed by atoms with van der Waals surface area (Å²) in [5.41, 5.74) is 1.89. The third kappa shape index (κ3) is 2.69. The Hall–Kier alpha value is -4.50. The molecular formula is C24H14N4O2. The quantitative estimate of drug-likeness (QED) is 0.497. The molecule has 0 saturated carbocycles. The van der Waals surface area contributed by atoms with Gasteiger partial charge in [0.2, 0.25) is 0 Å². The van der Waals surface area contributed by atoms with Gasteiger partial charge < -0.3 is 4.98 Å². The van der Waals surface area contributed by atoms with Crippen LogP contribution in [0.5, 0.6) is 0 Å². The van der Waals surface area contributed by atoms with Gasteiger partial charge in [-0.1, -0.05) is 48.5 Å². The van der Waals surface area contributed by atoms with Crippen LogP contribution >= 0.6 is 0 Å². The van der Waals surface area contributed by atoms with E-state index in [1.165, 1.54) is 6.20 Å². The van der Waals surface area contributed by atoms with Crippen LogP contribution in [0.25, 0.3) is 38.5 Å². The highest BCUT2D eigenvalue weighted by molar-refractivity contribution is 5.90. The minimum absolute atomic E-state index is 0.376. The molecule has 2 aromatic heterocycles. The monoisotopic (exact) mass is 390 g/mol. The van der Waals surface area contributed by atoms with Crippen molar-refractivity contribution in [1.29, 1.82) is 5.26 Å². The fourth-order valence-corrected chi connectivity index (χ4v) is 3.72. The summed E-state index contributed by atoms with van der Waals surface area (Å²) in [6.07, 6.45) is 3.21. The molecule has 0 saturated heterocycles. The maximum Gasteiger partial charge on any atom is 0.333 e. The molecule has 0 aliphatic heterocycles. The van der Waals surface area contributed by atoms with Crippen molar-refractivity contribution >= 4 is 21.7 Å². The molecule has 1 N–H and O–H groups in total. The fraction of sp³-hybridized carbons (Fsp3) is 0. The lowest BCUT2D eigenvalue weighted by Gasteiger charge is -2.10. The van der Waals surface area contributed by atoms with Crippen LogP contribution in [-0.4, -0.2) is 14.5 Å². The molecule has 0 radical (unpaired) electrons. The van der Waals surface area contributed by atoms with Gasteiger partial charge in [-0.2, -0.15) is 5.26 Å². The van der Waals surface area contributed by atoms with E-state index in [1.54, 1.807) is 36.5 Å². The van der Waals surface area contributed by atoms with E-state index in [0.29, 0.717) is 22.2 Å². The molecule has 3 aromatic carbocycles. The summed E-state index contributed by atoms with van der Waals surface area (Å²) in [6.45, 7) is 0. The predicted octanol–water partition coefficient (Wildman–Crippen LogP) is 3.77. The van der Waals surface area contributed by atoms with Crippen LogP contribution in [0.4, 0.5) is 0 Å². The van der Waals surface area contributed by atoms with Gasteiger partial charge in [0.1, 0.15) is 0 Å². The van der Waals surface area contributed by atoms with Crippen LogP contribution in [0, 0.1) is 11.3 Å². The van der Waals surface area contributed by atoms with Crippen LogP contribution in [0.2, 0.25) is 0 Å². The number of nitriles is 1. The molecule has 2 heterocycles. The Balaban J connectivity index is 1.77. The summed E-state index contributed by atoms with van der Waals surface area (Å²) in [6, 6.07) is 22.0. The van der Waals surface area contributed by atoms with Gasteiger partial charge in [-0.05, 0) is 29.3 Å². The average Bonchev–Trinajstić information content (AvgIpc) is 2.79. The highest BCUT2D eigenvalue weighted by Crippen LogP contribution is 2.25. The van der Waals surface area contributed by atoms with Gasteiger partial charge >= 0.3 is 5.69 Å². The third-order valence-corrected chi connectivity index (χ3v) is 5.14.